The highest BCUT2D eigenvalue weighted by Gasteiger charge is 2.10. The molecule has 0 spiro atoms. The zero-order chi connectivity index (χ0) is 17.6. The molecule has 25 heavy (non-hydrogen) atoms. The van der Waals surface area contributed by atoms with Gasteiger partial charge in [-0.15, -0.1) is 0 Å². The Morgan fingerprint density at radius 1 is 1.16 bits per heavy atom. The molecule has 0 saturated carbocycles. The number of nitrogens with one attached hydrogen (secondary N) is 1. The smallest absolute Gasteiger partial charge is 0.251 e. The number of hydrogen-bond donors (Lipinski definition) is 2. The van der Waals surface area contributed by atoms with Gasteiger partial charge in [-0.2, -0.15) is 4.98 Å². The Balaban J connectivity index is 1.59. The number of nitrogens with zero attached hydrogens (tertiary/aromatic N) is 2. The molecule has 0 fully saturated rings. The van der Waals surface area contributed by atoms with E-state index in [9.17, 15) is 4.79 Å². The first-order valence-electron chi connectivity index (χ1n) is 8.03. The van der Waals surface area contributed by atoms with Gasteiger partial charge in [0.25, 0.3) is 5.91 Å². The van der Waals surface area contributed by atoms with Gasteiger partial charge in [0.15, 0.2) is 0 Å². The largest absolute Gasteiger partial charge is 0.392 e. The summed E-state index contributed by atoms with van der Waals surface area (Å²) >= 11 is 0. The molecule has 128 valence electrons. The number of aryl methyl sites for hydroxylation is 1. The van der Waals surface area contributed by atoms with E-state index in [2.05, 4.69) is 15.5 Å². The van der Waals surface area contributed by atoms with Crippen molar-refractivity contribution in [2.75, 3.05) is 6.54 Å². The fourth-order valence-corrected chi connectivity index (χ4v) is 2.45. The number of amides is 1. The average molecular weight is 337 g/mol. The number of carbonyl (C=O) groups excluding carboxylic acids is 1. The molecule has 2 aromatic carbocycles. The number of aromatic nitrogens is 2. The molecule has 0 atom stereocenters. The lowest BCUT2D eigenvalue weighted by Gasteiger charge is -2.07. The molecule has 6 heteroatoms. The van der Waals surface area contributed by atoms with Crippen molar-refractivity contribution in [2.24, 2.45) is 0 Å². The van der Waals surface area contributed by atoms with E-state index in [4.69, 9.17) is 9.63 Å². The molecule has 3 aromatic rings. The van der Waals surface area contributed by atoms with Gasteiger partial charge in [0, 0.05) is 24.6 Å². The lowest BCUT2D eigenvalue weighted by molar-refractivity contribution is 0.0954. The predicted molar refractivity (Wildman–Crippen MR) is 92.9 cm³/mol. The number of aliphatic hydroxyl groups excluding tert-OH is 1. The van der Waals surface area contributed by atoms with Crippen molar-refractivity contribution in [3.05, 3.63) is 71.1 Å². The fraction of sp³-hybridized carbons (Fsp3) is 0.211. The Kier molecular flexibility index (Phi) is 5.20. The number of hydrogen-bond acceptors (Lipinski definition) is 5. The second kappa shape index (κ2) is 7.72. The van der Waals surface area contributed by atoms with Crippen LogP contribution in [0.15, 0.2) is 53.1 Å². The van der Waals surface area contributed by atoms with Crippen LogP contribution in [0.3, 0.4) is 0 Å². The molecule has 1 amide bonds. The Bertz CT molecular complexity index is 856. The molecule has 3 rings (SSSR count). The van der Waals surface area contributed by atoms with Gasteiger partial charge in [0.2, 0.25) is 11.7 Å². The highest BCUT2D eigenvalue weighted by Crippen LogP contribution is 2.17. The zero-order valence-corrected chi connectivity index (χ0v) is 13.9. The third-order valence-electron chi connectivity index (χ3n) is 3.82. The molecular formula is C19H19N3O3. The Labute approximate surface area is 145 Å². The van der Waals surface area contributed by atoms with Gasteiger partial charge in [0.05, 0.1) is 6.61 Å². The summed E-state index contributed by atoms with van der Waals surface area (Å²) in [7, 11) is 0. The number of aliphatic hydroxyl groups is 1. The minimum Gasteiger partial charge on any atom is -0.392 e. The van der Waals surface area contributed by atoms with E-state index in [-0.39, 0.29) is 12.5 Å². The van der Waals surface area contributed by atoms with E-state index < -0.39 is 0 Å². The summed E-state index contributed by atoms with van der Waals surface area (Å²) < 4.78 is 4.97. The van der Waals surface area contributed by atoms with Crippen LogP contribution in [0.25, 0.3) is 11.4 Å². The Morgan fingerprint density at radius 3 is 2.60 bits per heavy atom. The van der Waals surface area contributed by atoms with Crippen LogP contribution in [0, 0.1) is 6.92 Å². The van der Waals surface area contributed by atoms with E-state index in [0.29, 0.717) is 23.8 Å². The number of rotatable bonds is 6. The highest BCUT2D eigenvalue weighted by atomic mass is 16.5. The highest BCUT2D eigenvalue weighted by molar-refractivity contribution is 5.95. The van der Waals surface area contributed by atoms with Gasteiger partial charge in [-0.1, -0.05) is 41.6 Å². The van der Waals surface area contributed by atoms with Crippen molar-refractivity contribution in [2.45, 2.75) is 20.0 Å². The lowest BCUT2D eigenvalue weighted by Crippen LogP contribution is -2.25. The van der Waals surface area contributed by atoms with Crippen LogP contribution >= 0.6 is 0 Å². The van der Waals surface area contributed by atoms with Gasteiger partial charge in [0.1, 0.15) is 0 Å². The van der Waals surface area contributed by atoms with E-state index in [1.54, 1.807) is 25.1 Å². The molecule has 1 aromatic heterocycles. The minimum atomic E-state index is -0.144. The van der Waals surface area contributed by atoms with Crippen molar-refractivity contribution < 1.29 is 14.4 Å². The topological polar surface area (TPSA) is 88.2 Å². The fourth-order valence-electron chi connectivity index (χ4n) is 2.45. The second-order valence-electron chi connectivity index (χ2n) is 5.70. The van der Waals surface area contributed by atoms with Gasteiger partial charge in [-0.05, 0) is 29.7 Å². The molecule has 0 unspecified atom stereocenters. The minimum absolute atomic E-state index is 0.0350. The number of carbonyl (C=O) groups is 1. The lowest BCUT2D eigenvalue weighted by atomic mass is 10.1. The molecule has 1 heterocycles. The third-order valence-corrected chi connectivity index (χ3v) is 3.82. The van der Waals surface area contributed by atoms with Gasteiger partial charge in [-0.25, -0.2) is 0 Å². The predicted octanol–water partition coefficient (Wildman–Crippen LogP) is 2.51. The maximum atomic E-state index is 12.3. The SMILES string of the molecule is Cc1nc(-c2cccc(C(=O)NCCc3ccc(CO)cc3)c2)no1. The van der Waals surface area contributed by atoms with Gasteiger partial charge < -0.3 is 14.9 Å². The Morgan fingerprint density at radius 2 is 1.92 bits per heavy atom. The van der Waals surface area contributed by atoms with Gasteiger partial charge >= 0.3 is 0 Å². The summed E-state index contributed by atoms with van der Waals surface area (Å²) in [6, 6.07) is 14.8. The zero-order valence-electron chi connectivity index (χ0n) is 13.9. The Hall–Kier alpha value is -2.99. The van der Waals surface area contributed by atoms with Crippen LogP contribution in [0.2, 0.25) is 0 Å². The summed E-state index contributed by atoms with van der Waals surface area (Å²) in [5.41, 5.74) is 3.27. The van der Waals surface area contributed by atoms with E-state index in [1.807, 2.05) is 30.3 Å². The van der Waals surface area contributed by atoms with E-state index in [0.717, 1.165) is 23.1 Å². The standard InChI is InChI=1S/C19H19N3O3/c1-13-21-18(22-25-13)16-3-2-4-17(11-16)19(24)20-10-9-14-5-7-15(12-23)8-6-14/h2-8,11,23H,9-10,12H2,1H3,(H,20,24). The summed E-state index contributed by atoms with van der Waals surface area (Å²) in [5.74, 6) is 0.808. The summed E-state index contributed by atoms with van der Waals surface area (Å²) in [6.45, 7) is 2.29. The van der Waals surface area contributed by atoms with E-state index in [1.165, 1.54) is 0 Å². The van der Waals surface area contributed by atoms with E-state index >= 15 is 0 Å². The van der Waals surface area contributed by atoms with Crippen LogP contribution in [-0.2, 0) is 13.0 Å². The monoisotopic (exact) mass is 337 g/mol. The maximum absolute atomic E-state index is 12.3. The molecule has 0 bridgehead atoms. The van der Waals surface area contributed by atoms with Crippen LogP contribution < -0.4 is 5.32 Å². The van der Waals surface area contributed by atoms with Crippen LogP contribution in [0.5, 0.6) is 0 Å². The molecular weight excluding hydrogens is 318 g/mol. The molecule has 2 N–H and O–H groups in total. The van der Waals surface area contributed by atoms with Crippen molar-refractivity contribution in [1.29, 1.82) is 0 Å². The van der Waals surface area contributed by atoms with Crippen molar-refractivity contribution in [3.8, 4) is 11.4 Å². The first-order chi connectivity index (χ1) is 12.2. The molecule has 6 nitrogen and oxygen atoms in total. The molecule has 0 aliphatic rings. The maximum Gasteiger partial charge on any atom is 0.251 e. The quantitative estimate of drug-likeness (QED) is 0.721. The van der Waals surface area contributed by atoms with Crippen molar-refractivity contribution in [3.63, 3.8) is 0 Å². The van der Waals surface area contributed by atoms with Gasteiger partial charge in [-0.3, -0.25) is 4.79 Å². The summed E-state index contributed by atoms with van der Waals surface area (Å²) in [5, 5.41) is 15.8. The summed E-state index contributed by atoms with van der Waals surface area (Å²) in [6.07, 6.45) is 0.723. The van der Waals surface area contributed by atoms with Crippen molar-refractivity contribution >= 4 is 5.91 Å². The molecule has 0 aliphatic heterocycles. The average Bonchev–Trinajstić information content (AvgIpc) is 3.09. The number of benzene rings is 2. The second-order valence-corrected chi connectivity index (χ2v) is 5.70. The van der Waals surface area contributed by atoms with Crippen LogP contribution in [-0.4, -0.2) is 27.7 Å². The van der Waals surface area contributed by atoms with Crippen molar-refractivity contribution in [1.82, 2.24) is 15.5 Å². The summed E-state index contributed by atoms with van der Waals surface area (Å²) in [4.78, 5) is 16.5. The molecule has 0 aliphatic carbocycles. The van der Waals surface area contributed by atoms with Crippen LogP contribution in [0.1, 0.15) is 27.4 Å². The molecule has 0 radical (unpaired) electrons. The van der Waals surface area contributed by atoms with Crippen LogP contribution in [0.4, 0.5) is 0 Å². The third kappa shape index (κ3) is 4.30. The first kappa shape index (κ1) is 16.9. The molecule has 0 saturated heterocycles. The first-order valence-corrected chi connectivity index (χ1v) is 8.03. The normalized spacial score (nSPS) is 10.6.